The Labute approximate surface area is 183 Å². The minimum atomic E-state index is -1.04. The first-order valence-corrected chi connectivity index (χ1v) is 10.3. The number of carbonyl (C=O) groups excluding carboxylic acids is 3. The number of allylic oxidation sites excluding steroid dienone is 3. The van der Waals surface area contributed by atoms with Crippen LogP contribution in [0.4, 0.5) is 0 Å². The van der Waals surface area contributed by atoms with E-state index >= 15 is 0 Å². The van der Waals surface area contributed by atoms with Gasteiger partial charge in [-0.3, -0.25) is 14.4 Å². The molecule has 0 amide bonds. The lowest BCUT2D eigenvalue weighted by Crippen LogP contribution is -2.64. The molecular formula is C22H35NO8. The monoisotopic (exact) mass is 441 g/mol. The Morgan fingerprint density at radius 2 is 1.52 bits per heavy atom. The highest BCUT2D eigenvalue weighted by atomic mass is 16.7. The van der Waals surface area contributed by atoms with Crippen LogP contribution in [0.5, 0.6) is 0 Å². The van der Waals surface area contributed by atoms with Gasteiger partial charge in [0.2, 0.25) is 0 Å². The molecule has 0 bridgehead atoms. The molecule has 1 aliphatic heterocycles. The lowest BCUT2D eigenvalue weighted by molar-refractivity contribution is -0.271. The molecule has 0 aromatic carbocycles. The summed E-state index contributed by atoms with van der Waals surface area (Å²) in [5.74, 6) is -1.74. The van der Waals surface area contributed by atoms with Crippen molar-refractivity contribution in [1.29, 1.82) is 0 Å². The number of rotatable bonds is 10. The van der Waals surface area contributed by atoms with Crippen molar-refractivity contribution in [2.24, 2.45) is 5.73 Å². The molecule has 9 heteroatoms. The van der Waals surface area contributed by atoms with Crippen LogP contribution in [0, 0.1) is 0 Å². The molecule has 0 aromatic rings. The number of esters is 3. The molecule has 5 atom stereocenters. The van der Waals surface area contributed by atoms with Crippen LogP contribution in [0.25, 0.3) is 0 Å². The van der Waals surface area contributed by atoms with E-state index in [9.17, 15) is 14.4 Å². The van der Waals surface area contributed by atoms with Crippen molar-refractivity contribution in [2.75, 3.05) is 13.2 Å². The van der Waals surface area contributed by atoms with Gasteiger partial charge in [0.15, 0.2) is 18.5 Å². The first kappa shape index (κ1) is 26.8. The Balaban J connectivity index is 2.91. The fourth-order valence-electron chi connectivity index (χ4n) is 3.06. The van der Waals surface area contributed by atoms with Crippen molar-refractivity contribution in [2.45, 2.75) is 85.0 Å². The smallest absolute Gasteiger partial charge is 0.303 e. The summed E-state index contributed by atoms with van der Waals surface area (Å²) in [6.07, 6.45) is 1.98. The van der Waals surface area contributed by atoms with E-state index in [1.165, 1.54) is 26.3 Å². The molecule has 1 aliphatic rings. The van der Waals surface area contributed by atoms with Gasteiger partial charge in [-0.05, 0) is 33.6 Å². The highest BCUT2D eigenvalue weighted by Crippen LogP contribution is 2.26. The maximum atomic E-state index is 11.6. The first-order chi connectivity index (χ1) is 14.5. The maximum absolute atomic E-state index is 11.6. The zero-order valence-electron chi connectivity index (χ0n) is 19.2. The van der Waals surface area contributed by atoms with Crippen LogP contribution in [-0.4, -0.2) is 61.8 Å². The number of hydrogen-bond donors (Lipinski definition) is 1. The van der Waals surface area contributed by atoms with Gasteiger partial charge in [0.25, 0.3) is 0 Å². The third-order valence-corrected chi connectivity index (χ3v) is 4.53. The lowest BCUT2D eigenvalue weighted by atomic mass is 9.97. The van der Waals surface area contributed by atoms with Gasteiger partial charge in [-0.25, -0.2) is 0 Å². The normalized spacial score (nSPS) is 26.0. The number of hydrogen-bond acceptors (Lipinski definition) is 9. The van der Waals surface area contributed by atoms with Gasteiger partial charge < -0.3 is 29.4 Å². The molecule has 0 aromatic heterocycles. The van der Waals surface area contributed by atoms with E-state index in [2.05, 4.69) is 19.9 Å². The minimum absolute atomic E-state index is 0.213. The van der Waals surface area contributed by atoms with E-state index in [0.29, 0.717) is 0 Å². The second-order valence-electron chi connectivity index (χ2n) is 7.77. The minimum Gasteiger partial charge on any atom is -0.463 e. The highest BCUT2D eigenvalue weighted by Gasteiger charge is 2.49. The summed E-state index contributed by atoms with van der Waals surface area (Å²) in [6.45, 7) is 9.81. The van der Waals surface area contributed by atoms with Gasteiger partial charge in [0, 0.05) is 20.8 Å². The first-order valence-electron chi connectivity index (χ1n) is 10.3. The number of carbonyl (C=O) groups is 3. The fourth-order valence-corrected chi connectivity index (χ4v) is 3.06. The molecule has 176 valence electrons. The van der Waals surface area contributed by atoms with E-state index in [1.54, 1.807) is 0 Å². The molecule has 0 spiro atoms. The van der Waals surface area contributed by atoms with Crippen molar-refractivity contribution in [3.8, 4) is 0 Å². The van der Waals surface area contributed by atoms with Crippen LogP contribution in [0.1, 0.15) is 54.4 Å². The van der Waals surface area contributed by atoms with Crippen molar-refractivity contribution in [1.82, 2.24) is 0 Å². The summed E-state index contributed by atoms with van der Waals surface area (Å²) in [5.41, 5.74) is 8.64. The van der Waals surface area contributed by atoms with Crippen LogP contribution in [0.15, 0.2) is 23.3 Å². The van der Waals surface area contributed by atoms with E-state index in [0.717, 1.165) is 18.4 Å². The summed E-state index contributed by atoms with van der Waals surface area (Å²) < 4.78 is 27.3. The summed E-state index contributed by atoms with van der Waals surface area (Å²) in [7, 11) is 0. The molecule has 31 heavy (non-hydrogen) atoms. The van der Waals surface area contributed by atoms with Gasteiger partial charge in [0.1, 0.15) is 12.7 Å². The Morgan fingerprint density at radius 1 is 0.903 bits per heavy atom. The van der Waals surface area contributed by atoms with Crippen LogP contribution in [-0.2, 0) is 38.1 Å². The van der Waals surface area contributed by atoms with Crippen LogP contribution in [0.3, 0.4) is 0 Å². The Morgan fingerprint density at radius 3 is 2.06 bits per heavy atom. The van der Waals surface area contributed by atoms with E-state index in [-0.39, 0.29) is 13.2 Å². The van der Waals surface area contributed by atoms with Crippen molar-refractivity contribution < 1.29 is 38.1 Å². The van der Waals surface area contributed by atoms with Gasteiger partial charge >= 0.3 is 17.9 Å². The van der Waals surface area contributed by atoms with Gasteiger partial charge in [0.05, 0.1) is 12.6 Å². The summed E-state index contributed by atoms with van der Waals surface area (Å²) in [5, 5.41) is 0. The summed E-state index contributed by atoms with van der Waals surface area (Å²) in [4.78, 5) is 34.5. The predicted octanol–water partition coefficient (Wildman–Crippen LogP) is 2.17. The van der Waals surface area contributed by atoms with Gasteiger partial charge in [-0.2, -0.15) is 0 Å². The molecule has 0 aliphatic carbocycles. The van der Waals surface area contributed by atoms with E-state index in [1.807, 2.05) is 13.0 Å². The van der Waals surface area contributed by atoms with Crippen molar-refractivity contribution in [3.63, 3.8) is 0 Å². The maximum Gasteiger partial charge on any atom is 0.303 e. The lowest BCUT2D eigenvalue weighted by Gasteiger charge is -2.43. The van der Waals surface area contributed by atoms with Crippen LogP contribution < -0.4 is 5.73 Å². The Kier molecular flexibility index (Phi) is 11.4. The molecule has 1 heterocycles. The van der Waals surface area contributed by atoms with Crippen LogP contribution >= 0.6 is 0 Å². The molecule has 1 saturated heterocycles. The Hall–Kier alpha value is -2.23. The van der Waals surface area contributed by atoms with Gasteiger partial charge in [-0.1, -0.05) is 23.3 Å². The largest absolute Gasteiger partial charge is 0.463 e. The Bertz CT molecular complexity index is 683. The van der Waals surface area contributed by atoms with E-state index in [4.69, 9.17) is 29.4 Å². The molecule has 9 nitrogen and oxygen atoms in total. The topological polar surface area (TPSA) is 123 Å². The molecule has 0 saturated carbocycles. The molecular weight excluding hydrogens is 406 g/mol. The standard InChI is InChI=1S/C22H35NO8/c1-13(2)8-7-9-14(3)10-11-27-22-19(23)21(30-17(6)26)20(29-16(5)25)18(31-22)12-28-15(4)24/h8,10,18-22H,7,9,11-12,23H2,1-6H3/b14-10+/t18?,19?,20-,21+,22+/m0/s1. The average Bonchev–Trinajstić information content (AvgIpc) is 2.64. The summed E-state index contributed by atoms with van der Waals surface area (Å²) in [6, 6.07) is -0.916. The second-order valence-corrected chi connectivity index (χ2v) is 7.77. The third kappa shape index (κ3) is 10.1. The second kappa shape index (κ2) is 13.2. The van der Waals surface area contributed by atoms with Crippen LogP contribution in [0.2, 0.25) is 0 Å². The number of nitrogens with two attached hydrogens (primary N) is 1. The predicted molar refractivity (Wildman–Crippen MR) is 113 cm³/mol. The SMILES string of the molecule is CC(=O)OCC1O[C@@H](OC/C=C(\C)CCC=C(C)C)C(N)[C@@H](OC(C)=O)[C@H]1OC(C)=O. The molecule has 2 unspecified atom stereocenters. The highest BCUT2D eigenvalue weighted by molar-refractivity contribution is 5.67. The molecule has 1 rings (SSSR count). The van der Waals surface area contributed by atoms with E-state index < -0.39 is 48.6 Å². The summed E-state index contributed by atoms with van der Waals surface area (Å²) >= 11 is 0. The quantitative estimate of drug-likeness (QED) is 0.308. The zero-order valence-corrected chi connectivity index (χ0v) is 19.2. The molecule has 2 N–H and O–H groups in total. The number of ether oxygens (including phenoxy) is 5. The fraction of sp³-hybridized carbons (Fsp3) is 0.682. The molecule has 1 fully saturated rings. The van der Waals surface area contributed by atoms with Crippen molar-refractivity contribution in [3.05, 3.63) is 23.3 Å². The zero-order chi connectivity index (χ0) is 23.6. The average molecular weight is 442 g/mol. The van der Waals surface area contributed by atoms with Crippen molar-refractivity contribution >= 4 is 17.9 Å². The van der Waals surface area contributed by atoms with Gasteiger partial charge in [-0.15, -0.1) is 0 Å². The third-order valence-electron chi connectivity index (χ3n) is 4.53. The molecule has 0 radical (unpaired) electrons.